The maximum atomic E-state index is 10.1. The van der Waals surface area contributed by atoms with Gasteiger partial charge in [0.25, 0.3) is 0 Å². The fraction of sp³-hybridized carbons (Fsp3) is 0.750. The minimum atomic E-state index is -0.369. The lowest BCUT2D eigenvalue weighted by molar-refractivity contribution is 0.167. The number of thiophene rings is 1. The Labute approximate surface area is 127 Å². The van der Waals surface area contributed by atoms with Gasteiger partial charge in [-0.05, 0) is 24.3 Å². The predicted octanol–water partition coefficient (Wildman–Crippen LogP) is 6.27. The topological polar surface area (TPSA) is 20.2 Å². The zero-order valence-electron chi connectivity index (χ0n) is 12.3. The molecule has 0 aromatic carbocycles. The summed E-state index contributed by atoms with van der Waals surface area (Å²) in [4.78, 5) is 0.946. The maximum absolute atomic E-state index is 10.1. The van der Waals surface area contributed by atoms with Crippen LogP contribution in [-0.4, -0.2) is 5.11 Å². The molecule has 1 unspecified atom stereocenters. The quantitative estimate of drug-likeness (QED) is 0.505. The van der Waals surface area contributed by atoms with Crippen LogP contribution < -0.4 is 0 Å². The molecule has 1 aromatic heterocycles. The van der Waals surface area contributed by atoms with Crippen molar-refractivity contribution in [1.82, 2.24) is 0 Å². The van der Waals surface area contributed by atoms with Gasteiger partial charge < -0.3 is 5.11 Å². The van der Waals surface area contributed by atoms with Crippen LogP contribution in [0.15, 0.2) is 5.38 Å². The molecule has 1 N–H and O–H groups in total. The van der Waals surface area contributed by atoms with Crippen molar-refractivity contribution < 1.29 is 5.11 Å². The molecule has 1 nitrogen and oxygen atoms in total. The van der Waals surface area contributed by atoms with Crippen LogP contribution in [0.2, 0.25) is 5.02 Å². The lowest BCUT2D eigenvalue weighted by Gasteiger charge is -2.09. The molecule has 0 fully saturated rings. The number of rotatable bonds is 10. The van der Waals surface area contributed by atoms with E-state index in [0.29, 0.717) is 0 Å². The molecular formula is C16H27ClOS. The molecule has 0 amide bonds. The smallest absolute Gasteiger partial charge is 0.0897 e. The number of aliphatic hydroxyl groups excluding tert-OH is 1. The molecule has 0 aliphatic rings. The van der Waals surface area contributed by atoms with E-state index in [4.69, 9.17) is 11.6 Å². The summed E-state index contributed by atoms with van der Waals surface area (Å²) in [6, 6.07) is 0. The Bertz CT molecular complexity index is 349. The molecule has 3 heteroatoms. The van der Waals surface area contributed by atoms with E-state index in [-0.39, 0.29) is 6.10 Å². The second kappa shape index (κ2) is 9.79. The average Bonchev–Trinajstić information content (AvgIpc) is 2.73. The first-order valence-electron chi connectivity index (χ1n) is 7.58. The zero-order valence-corrected chi connectivity index (χ0v) is 13.8. The monoisotopic (exact) mass is 302 g/mol. The van der Waals surface area contributed by atoms with Gasteiger partial charge >= 0.3 is 0 Å². The molecular weight excluding hydrogens is 276 g/mol. The number of halogens is 1. The van der Waals surface area contributed by atoms with E-state index in [0.717, 1.165) is 28.3 Å². The van der Waals surface area contributed by atoms with Gasteiger partial charge in [0, 0.05) is 0 Å². The van der Waals surface area contributed by atoms with Crippen molar-refractivity contribution in [1.29, 1.82) is 0 Å². The van der Waals surface area contributed by atoms with Crippen molar-refractivity contribution in [3.05, 3.63) is 20.8 Å². The molecule has 0 saturated carbocycles. The molecule has 1 heterocycles. The molecule has 0 spiro atoms. The van der Waals surface area contributed by atoms with Crippen molar-refractivity contribution in [2.75, 3.05) is 0 Å². The summed E-state index contributed by atoms with van der Waals surface area (Å²) in [6.45, 7) is 4.24. The van der Waals surface area contributed by atoms with Crippen LogP contribution in [0.5, 0.6) is 0 Å². The highest BCUT2D eigenvalue weighted by Crippen LogP contribution is 2.34. The predicted molar refractivity (Wildman–Crippen MR) is 86.3 cm³/mol. The molecule has 1 rings (SSSR count). The van der Waals surface area contributed by atoms with Crippen molar-refractivity contribution in [3.8, 4) is 0 Å². The second-order valence-electron chi connectivity index (χ2n) is 5.38. The summed E-state index contributed by atoms with van der Waals surface area (Å²) in [5, 5.41) is 12.9. The highest BCUT2D eigenvalue weighted by atomic mass is 35.5. The van der Waals surface area contributed by atoms with Crippen molar-refractivity contribution in [3.63, 3.8) is 0 Å². The summed E-state index contributed by atoms with van der Waals surface area (Å²) >= 11 is 7.74. The van der Waals surface area contributed by atoms with Crippen molar-refractivity contribution in [2.45, 2.75) is 77.7 Å². The van der Waals surface area contributed by atoms with Crippen LogP contribution in [0.4, 0.5) is 0 Å². The van der Waals surface area contributed by atoms with E-state index in [1.165, 1.54) is 44.9 Å². The Kier molecular flexibility index (Phi) is 8.76. The van der Waals surface area contributed by atoms with Crippen LogP contribution in [-0.2, 0) is 0 Å². The summed E-state index contributed by atoms with van der Waals surface area (Å²) in [5.74, 6) is 0. The van der Waals surface area contributed by atoms with Gasteiger partial charge in [-0.3, -0.25) is 0 Å². The highest BCUT2D eigenvalue weighted by Gasteiger charge is 2.14. The fourth-order valence-corrected chi connectivity index (χ4v) is 3.62. The maximum Gasteiger partial charge on any atom is 0.0897 e. The lowest BCUT2D eigenvalue weighted by atomic mass is 10.0. The molecule has 1 atom stereocenters. The Hall–Kier alpha value is -0.0500. The van der Waals surface area contributed by atoms with E-state index in [1.807, 2.05) is 12.3 Å². The Morgan fingerprint density at radius 2 is 1.68 bits per heavy atom. The second-order valence-corrected chi connectivity index (χ2v) is 6.67. The van der Waals surface area contributed by atoms with Crippen LogP contribution in [0.25, 0.3) is 0 Å². The van der Waals surface area contributed by atoms with Gasteiger partial charge in [-0.15, -0.1) is 11.3 Å². The molecule has 0 aliphatic carbocycles. The molecule has 110 valence electrons. The number of unbranched alkanes of at least 4 members (excludes halogenated alkanes) is 7. The van der Waals surface area contributed by atoms with Gasteiger partial charge in [-0.1, -0.05) is 69.9 Å². The third-order valence-corrected chi connectivity index (χ3v) is 5.37. The molecule has 19 heavy (non-hydrogen) atoms. The zero-order chi connectivity index (χ0) is 14.1. The molecule has 1 aromatic rings. The normalized spacial score (nSPS) is 12.8. The van der Waals surface area contributed by atoms with Gasteiger partial charge in [0.2, 0.25) is 0 Å². The first-order chi connectivity index (χ1) is 9.16. The molecule has 0 radical (unpaired) electrons. The van der Waals surface area contributed by atoms with Gasteiger partial charge in [0.05, 0.1) is 16.0 Å². The van der Waals surface area contributed by atoms with E-state index in [1.54, 1.807) is 11.3 Å². The first-order valence-corrected chi connectivity index (χ1v) is 8.84. The van der Waals surface area contributed by atoms with Gasteiger partial charge in [0.1, 0.15) is 0 Å². The van der Waals surface area contributed by atoms with Gasteiger partial charge in [-0.2, -0.15) is 0 Å². The highest BCUT2D eigenvalue weighted by molar-refractivity contribution is 7.10. The summed E-state index contributed by atoms with van der Waals surface area (Å²) < 4.78 is 0. The minimum Gasteiger partial charge on any atom is -0.388 e. The van der Waals surface area contributed by atoms with E-state index < -0.39 is 0 Å². The number of aryl methyl sites for hydroxylation is 1. The largest absolute Gasteiger partial charge is 0.388 e. The Morgan fingerprint density at radius 3 is 2.21 bits per heavy atom. The number of hydrogen-bond acceptors (Lipinski definition) is 2. The van der Waals surface area contributed by atoms with Crippen molar-refractivity contribution >= 4 is 22.9 Å². The van der Waals surface area contributed by atoms with Crippen LogP contribution in [0.3, 0.4) is 0 Å². The molecule has 0 saturated heterocycles. The number of aliphatic hydroxyl groups is 1. The van der Waals surface area contributed by atoms with E-state index in [2.05, 4.69) is 6.92 Å². The lowest BCUT2D eigenvalue weighted by Crippen LogP contribution is -1.95. The summed E-state index contributed by atoms with van der Waals surface area (Å²) in [5.41, 5.74) is 1.08. The van der Waals surface area contributed by atoms with Crippen LogP contribution >= 0.6 is 22.9 Å². The van der Waals surface area contributed by atoms with E-state index >= 15 is 0 Å². The molecule has 0 bridgehead atoms. The van der Waals surface area contributed by atoms with E-state index in [9.17, 15) is 5.11 Å². The Balaban J connectivity index is 2.08. The third-order valence-electron chi connectivity index (χ3n) is 3.56. The van der Waals surface area contributed by atoms with Gasteiger partial charge in [-0.25, -0.2) is 0 Å². The SMILES string of the molecule is CCCCCCCCCCC(O)c1scc(C)c1Cl. The van der Waals surface area contributed by atoms with Gasteiger partial charge in [0.15, 0.2) is 0 Å². The summed E-state index contributed by atoms with van der Waals surface area (Å²) in [6.07, 6.45) is 10.9. The average molecular weight is 303 g/mol. The summed E-state index contributed by atoms with van der Waals surface area (Å²) in [7, 11) is 0. The van der Waals surface area contributed by atoms with Crippen LogP contribution in [0.1, 0.15) is 81.3 Å². The van der Waals surface area contributed by atoms with Crippen molar-refractivity contribution in [2.24, 2.45) is 0 Å². The van der Waals surface area contributed by atoms with Crippen LogP contribution in [0, 0.1) is 6.92 Å². The minimum absolute atomic E-state index is 0.369. The third kappa shape index (κ3) is 6.29. The number of hydrogen-bond donors (Lipinski definition) is 1. The molecule has 0 aliphatic heterocycles. The first kappa shape index (κ1) is 17.0. The standard InChI is InChI=1S/C16H27ClOS/c1-3-4-5-6-7-8-9-10-11-14(18)16-15(17)13(2)12-19-16/h12,14,18H,3-11H2,1-2H3. The fourth-order valence-electron chi connectivity index (χ4n) is 2.28. The Morgan fingerprint density at radius 1 is 1.11 bits per heavy atom.